The molecule has 0 bridgehead atoms. The molecular formula is C16H30N2. The van der Waals surface area contributed by atoms with Gasteiger partial charge in [0.2, 0.25) is 0 Å². The molecule has 2 nitrogen and oxygen atoms in total. The maximum Gasteiger partial charge on any atom is 0.0223 e. The molecule has 1 saturated heterocycles. The van der Waals surface area contributed by atoms with Gasteiger partial charge in [-0.15, -0.1) is 0 Å². The predicted molar refractivity (Wildman–Crippen MR) is 76.8 cm³/mol. The first kappa shape index (κ1) is 12.9. The molecule has 1 aliphatic heterocycles. The summed E-state index contributed by atoms with van der Waals surface area (Å²) in [5, 5.41) is 3.80. The minimum absolute atomic E-state index is 0.661. The zero-order chi connectivity index (χ0) is 12.4. The lowest BCUT2D eigenvalue weighted by Crippen LogP contribution is -2.56. The third kappa shape index (κ3) is 2.91. The zero-order valence-electron chi connectivity index (χ0n) is 12.1. The summed E-state index contributed by atoms with van der Waals surface area (Å²) in [5.41, 5.74) is 0.661. The van der Waals surface area contributed by atoms with Crippen molar-refractivity contribution in [1.29, 1.82) is 0 Å². The first-order valence-electron chi connectivity index (χ1n) is 8.21. The Morgan fingerprint density at radius 3 is 2.56 bits per heavy atom. The summed E-state index contributed by atoms with van der Waals surface area (Å²) in [6.45, 7) is 7.67. The molecule has 1 unspecified atom stereocenters. The van der Waals surface area contributed by atoms with E-state index in [1.54, 1.807) is 0 Å². The monoisotopic (exact) mass is 250 g/mol. The highest BCUT2D eigenvalue weighted by Gasteiger charge is 2.36. The molecule has 0 aromatic heterocycles. The Balaban J connectivity index is 1.51. The average Bonchev–Trinajstić information content (AvgIpc) is 2.38. The molecule has 1 atom stereocenters. The largest absolute Gasteiger partial charge is 0.311 e. The van der Waals surface area contributed by atoms with Crippen LogP contribution in [0.3, 0.4) is 0 Å². The molecular weight excluding hydrogens is 220 g/mol. The summed E-state index contributed by atoms with van der Waals surface area (Å²) in [7, 11) is 0. The standard InChI is InChI=1S/C16H30N2/c1-16(8-5-9-16)13-18-11-10-17-15(12-18)14-6-3-2-4-7-14/h14-15,17H,2-13H2,1H3. The molecule has 0 aromatic rings. The van der Waals surface area contributed by atoms with Crippen molar-refractivity contribution in [2.24, 2.45) is 11.3 Å². The van der Waals surface area contributed by atoms with Gasteiger partial charge in [-0.05, 0) is 37.0 Å². The van der Waals surface area contributed by atoms with E-state index in [1.165, 1.54) is 77.5 Å². The molecule has 104 valence electrons. The number of nitrogens with zero attached hydrogens (tertiary/aromatic N) is 1. The van der Waals surface area contributed by atoms with Gasteiger partial charge in [0.1, 0.15) is 0 Å². The van der Waals surface area contributed by atoms with Crippen molar-refractivity contribution in [1.82, 2.24) is 10.2 Å². The van der Waals surface area contributed by atoms with Gasteiger partial charge in [0.05, 0.1) is 0 Å². The lowest BCUT2D eigenvalue weighted by Gasteiger charge is -2.46. The van der Waals surface area contributed by atoms with Crippen molar-refractivity contribution in [3.63, 3.8) is 0 Å². The second-order valence-electron chi connectivity index (χ2n) is 7.36. The highest BCUT2D eigenvalue weighted by molar-refractivity contribution is 4.91. The second-order valence-corrected chi connectivity index (χ2v) is 7.36. The number of rotatable bonds is 3. The molecule has 0 radical (unpaired) electrons. The number of hydrogen-bond donors (Lipinski definition) is 1. The van der Waals surface area contributed by atoms with Gasteiger partial charge in [0, 0.05) is 32.2 Å². The van der Waals surface area contributed by atoms with Crippen LogP contribution in [0, 0.1) is 11.3 Å². The zero-order valence-corrected chi connectivity index (χ0v) is 12.1. The van der Waals surface area contributed by atoms with Gasteiger partial charge in [-0.25, -0.2) is 0 Å². The van der Waals surface area contributed by atoms with E-state index >= 15 is 0 Å². The average molecular weight is 250 g/mol. The predicted octanol–water partition coefficient (Wildman–Crippen LogP) is 3.03. The molecule has 0 aromatic carbocycles. The van der Waals surface area contributed by atoms with Crippen LogP contribution in [0.2, 0.25) is 0 Å². The van der Waals surface area contributed by atoms with Crippen LogP contribution < -0.4 is 5.32 Å². The molecule has 2 heteroatoms. The summed E-state index contributed by atoms with van der Waals surface area (Å²) in [4.78, 5) is 2.76. The number of piperazine rings is 1. The summed E-state index contributed by atoms with van der Waals surface area (Å²) in [5.74, 6) is 0.968. The van der Waals surface area contributed by atoms with E-state index in [-0.39, 0.29) is 0 Å². The maximum atomic E-state index is 3.80. The van der Waals surface area contributed by atoms with Gasteiger partial charge in [0.25, 0.3) is 0 Å². The van der Waals surface area contributed by atoms with Crippen LogP contribution in [0.1, 0.15) is 58.3 Å². The Bertz CT molecular complexity index is 266. The Morgan fingerprint density at radius 1 is 1.11 bits per heavy atom. The Kier molecular flexibility index (Phi) is 3.95. The van der Waals surface area contributed by atoms with Crippen molar-refractivity contribution < 1.29 is 0 Å². The minimum Gasteiger partial charge on any atom is -0.311 e. The van der Waals surface area contributed by atoms with Gasteiger partial charge in [-0.2, -0.15) is 0 Å². The molecule has 2 aliphatic carbocycles. The van der Waals surface area contributed by atoms with E-state index in [9.17, 15) is 0 Å². The fraction of sp³-hybridized carbons (Fsp3) is 1.00. The normalized spacial score (nSPS) is 34.2. The molecule has 1 N–H and O–H groups in total. The van der Waals surface area contributed by atoms with E-state index in [0.717, 1.165) is 12.0 Å². The Morgan fingerprint density at radius 2 is 1.89 bits per heavy atom. The van der Waals surface area contributed by atoms with Crippen LogP contribution in [-0.4, -0.2) is 37.1 Å². The van der Waals surface area contributed by atoms with Crippen molar-refractivity contribution >= 4 is 0 Å². The Labute approximate surface area is 113 Å². The van der Waals surface area contributed by atoms with Crippen molar-refractivity contribution in [3.05, 3.63) is 0 Å². The lowest BCUT2D eigenvalue weighted by atomic mass is 9.70. The van der Waals surface area contributed by atoms with Gasteiger partial charge in [0.15, 0.2) is 0 Å². The topological polar surface area (TPSA) is 15.3 Å². The maximum absolute atomic E-state index is 3.80. The quantitative estimate of drug-likeness (QED) is 0.828. The second kappa shape index (κ2) is 5.50. The molecule has 3 rings (SSSR count). The summed E-state index contributed by atoms with van der Waals surface area (Å²) >= 11 is 0. The van der Waals surface area contributed by atoms with Crippen molar-refractivity contribution in [2.75, 3.05) is 26.2 Å². The van der Waals surface area contributed by atoms with Crippen LogP contribution in [0.15, 0.2) is 0 Å². The lowest BCUT2D eigenvalue weighted by molar-refractivity contribution is 0.0561. The van der Waals surface area contributed by atoms with Crippen LogP contribution in [-0.2, 0) is 0 Å². The van der Waals surface area contributed by atoms with E-state index in [2.05, 4.69) is 17.1 Å². The van der Waals surface area contributed by atoms with E-state index in [1.807, 2.05) is 0 Å². The Hall–Kier alpha value is -0.0800. The first-order valence-corrected chi connectivity index (χ1v) is 8.21. The van der Waals surface area contributed by atoms with Gasteiger partial charge in [-0.1, -0.05) is 32.6 Å². The third-order valence-corrected chi connectivity index (χ3v) is 5.67. The van der Waals surface area contributed by atoms with E-state index in [4.69, 9.17) is 0 Å². The van der Waals surface area contributed by atoms with Crippen LogP contribution in [0.4, 0.5) is 0 Å². The SMILES string of the molecule is CC1(CN2CCNC(C3CCCCC3)C2)CCC1. The molecule has 3 aliphatic rings. The van der Waals surface area contributed by atoms with Gasteiger partial charge in [-0.3, -0.25) is 4.90 Å². The minimum atomic E-state index is 0.661. The van der Waals surface area contributed by atoms with Gasteiger partial charge < -0.3 is 5.32 Å². The molecule has 2 saturated carbocycles. The first-order chi connectivity index (χ1) is 8.75. The highest BCUT2D eigenvalue weighted by atomic mass is 15.2. The van der Waals surface area contributed by atoms with Crippen LogP contribution in [0.25, 0.3) is 0 Å². The molecule has 18 heavy (non-hydrogen) atoms. The van der Waals surface area contributed by atoms with Crippen LogP contribution >= 0.6 is 0 Å². The smallest absolute Gasteiger partial charge is 0.0223 e. The fourth-order valence-corrected chi connectivity index (χ4v) is 4.32. The number of nitrogens with one attached hydrogen (secondary N) is 1. The summed E-state index contributed by atoms with van der Waals surface area (Å²) in [6.07, 6.45) is 11.8. The van der Waals surface area contributed by atoms with Gasteiger partial charge >= 0.3 is 0 Å². The molecule has 0 amide bonds. The van der Waals surface area contributed by atoms with Crippen LogP contribution in [0.5, 0.6) is 0 Å². The van der Waals surface area contributed by atoms with Crippen molar-refractivity contribution in [3.8, 4) is 0 Å². The summed E-state index contributed by atoms with van der Waals surface area (Å²) in [6, 6.07) is 0.794. The summed E-state index contributed by atoms with van der Waals surface area (Å²) < 4.78 is 0. The van der Waals surface area contributed by atoms with E-state index < -0.39 is 0 Å². The molecule has 3 fully saturated rings. The molecule has 1 heterocycles. The third-order valence-electron chi connectivity index (χ3n) is 5.67. The van der Waals surface area contributed by atoms with E-state index in [0.29, 0.717) is 5.41 Å². The van der Waals surface area contributed by atoms with Crippen molar-refractivity contribution in [2.45, 2.75) is 64.3 Å². The fourth-order valence-electron chi connectivity index (χ4n) is 4.32. The number of hydrogen-bond acceptors (Lipinski definition) is 2. The highest BCUT2D eigenvalue weighted by Crippen LogP contribution is 2.41. The molecule has 0 spiro atoms.